The van der Waals surface area contributed by atoms with Crippen LogP contribution in [0.4, 0.5) is 13.2 Å². The maximum Gasteiger partial charge on any atom is 0.446 e. The number of nitrogens with zero attached hydrogens (tertiary/aromatic N) is 1. The molecule has 0 saturated heterocycles. The summed E-state index contributed by atoms with van der Waals surface area (Å²) in [4.78, 5) is 3.85. The lowest BCUT2D eigenvalue weighted by Gasteiger charge is -2.17. The van der Waals surface area contributed by atoms with Crippen LogP contribution in [-0.2, 0) is 6.42 Å². The number of allylic oxidation sites excluding steroid dienone is 1. The average Bonchev–Trinajstić information content (AvgIpc) is 2.29. The van der Waals surface area contributed by atoms with E-state index in [0.717, 1.165) is 0 Å². The van der Waals surface area contributed by atoms with Gasteiger partial charge in [-0.05, 0) is 35.7 Å². The molecule has 0 spiro atoms. The second kappa shape index (κ2) is 5.48. The second-order valence-electron chi connectivity index (χ2n) is 3.50. The van der Waals surface area contributed by atoms with Gasteiger partial charge in [0.15, 0.2) is 0 Å². The van der Waals surface area contributed by atoms with E-state index >= 15 is 0 Å². The molecule has 1 aromatic carbocycles. The molecule has 0 saturated carbocycles. The first-order chi connectivity index (χ1) is 9.27. The molecule has 2 nitrogen and oxygen atoms in total. The molecule has 0 amide bonds. The van der Waals surface area contributed by atoms with Crippen molar-refractivity contribution in [2.24, 2.45) is 4.99 Å². The molecule has 18 heavy (non-hydrogen) atoms. The van der Waals surface area contributed by atoms with E-state index in [2.05, 4.69) is 10.3 Å². The van der Waals surface area contributed by atoms with Crippen LogP contribution in [-0.4, -0.2) is 17.8 Å². The Morgan fingerprint density at radius 3 is 2.94 bits per heavy atom. The van der Waals surface area contributed by atoms with Crippen molar-refractivity contribution in [1.82, 2.24) is 5.32 Å². The van der Waals surface area contributed by atoms with E-state index in [1.54, 1.807) is 6.07 Å². The van der Waals surface area contributed by atoms with Crippen LogP contribution in [0.3, 0.4) is 0 Å². The maximum atomic E-state index is 12.5. The molecular formula is C12H11F3N2S. The van der Waals surface area contributed by atoms with Gasteiger partial charge in [0.2, 0.25) is 0 Å². The zero-order valence-corrected chi connectivity index (χ0v) is 9.98. The summed E-state index contributed by atoms with van der Waals surface area (Å²) in [5, 5.41) is 2.65. The van der Waals surface area contributed by atoms with E-state index in [1.165, 1.54) is 30.5 Å². The van der Waals surface area contributed by atoms with E-state index in [-0.39, 0.29) is 29.3 Å². The number of aliphatic imine (C=N–C) groups is 1. The minimum atomic E-state index is -4.38. The molecule has 0 bridgehead atoms. The standard InChI is InChI=1S/C12H11F3N2S/c13-12(14,15)18-10-5-2-1-4-9(10)8-11-16-6-3-7-17-11/h1-7,11,16H,8H2/i7D,11D. The molecule has 1 N–H and O–H groups in total. The van der Waals surface area contributed by atoms with Crippen molar-refractivity contribution < 1.29 is 15.9 Å². The highest BCUT2D eigenvalue weighted by atomic mass is 32.2. The second-order valence-corrected chi connectivity index (χ2v) is 4.60. The summed E-state index contributed by atoms with van der Waals surface area (Å²) in [6.07, 6.45) is 1.10. The molecule has 96 valence electrons. The van der Waals surface area contributed by atoms with Crippen LogP contribution in [0.2, 0.25) is 0 Å². The lowest BCUT2D eigenvalue weighted by atomic mass is 10.1. The Kier molecular flexibility index (Phi) is 3.19. The zero-order chi connectivity index (χ0) is 14.8. The first-order valence-electron chi connectivity index (χ1n) is 6.12. The maximum absolute atomic E-state index is 12.5. The van der Waals surface area contributed by atoms with E-state index in [9.17, 15) is 13.2 Å². The van der Waals surface area contributed by atoms with Gasteiger partial charge in [0.05, 0.1) is 2.74 Å². The molecule has 2 rings (SSSR count). The van der Waals surface area contributed by atoms with Crippen LogP contribution < -0.4 is 5.32 Å². The molecule has 1 aliphatic heterocycles. The van der Waals surface area contributed by atoms with Crippen molar-refractivity contribution in [3.8, 4) is 0 Å². The smallest absolute Gasteiger partial charge is 0.370 e. The van der Waals surface area contributed by atoms with Gasteiger partial charge in [0, 0.05) is 17.5 Å². The van der Waals surface area contributed by atoms with Gasteiger partial charge in [-0.3, -0.25) is 4.99 Å². The number of hydrogen-bond donors (Lipinski definition) is 1. The Morgan fingerprint density at radius 2 is 2.22 bits per heavy atom. The Morgan fingerprint density at radius 1 is 1.44 bits per heavy atom. The fraction of sp³-hybridized carbons (Fsp3) is 0.250. The van der Waals surface area contributed by atoms with Gasteiger partial charge in [-0.1, -0.05) is 18.2 Å². The van der Waals surface area contributed by atoms with Crippen molar-refractivity contribution in [2.75, 3.05) is 0 Å². The highest BCUT2D eigenvalue weighted by Gasteiger charge is 2.30. The summed E-state index contributed by atoms with van der Waals surface area (Å²) in [6, 6.07) is 6.02. The normalized spacial score (nSPS) is 24.9. The summed E-state index contributed by atoms with van der Waals surface area (Å²) in [5.41, 5.74) is -4.01. The monoisotopic (exact) mass is 274 g/mol. The first kappa shape index (κ1) is 10.5. The number of hydrogen-bond acceptors (Lipinski definition) is 3. The molecule has 6 heteroatoms. The number of rotatable bonds is 3. The van der Waals surface area contributed by atoms with Gasteiger partial charge < -0.3 is 5.32 Å². The Balaban J connectivity index is 2.24. The molecular weight excluding hydrogens is 261 g/mol. The third-order valence-electron chi connectivity index (χ3n) is 2.16. The van der Waals surface area contributed by atoms with Gasteiger partial charge in [-0.15, -0.1) is 0 Å². The summed E-state index contributed by atoms with van der Waals surface area (Å²) in [7, 11) is 0. The summed E-state index contributed by atoms with van der Waals surface area (Å²) < 4.78 is 52.9. The third-order valence-corrected chi connectivity index (χ3v) is 3.01. The molecule has 0 aliphatic carbocycles. The Hall–Kier alpha value is -1.43. The molecule has 1 aliphatic rings. The minimum Gasteiger partial charge on any atom is -0.370 e. The SMILES string of the molecule is [2H]C1=NC([2H])(Cc2ccccc2SC(F)(F)F)NC=C1. The van der Waals surface area contributed by atoms with Gasteiger partial charge in [0.25, 0.3) is 0 Å². The van der Waals surface area contributed by atoms with Gasteiger partial charge in [-0.2, -0.15) is 13.2 Å². The molecule has 1 aromatic rings. The fourth-order valence-corrected chi connectivity index (χ4v) is 2.13. The van der Waals surface area contributed by atoms with E-state index < -0.39 is 11.7 Å². The van der Waals surface area contributed by atoms with Crippen molar-refractivity contribution in [1.29, 1.82) is 0 Å². The lowest BCUT2D eigenvalue weighted by molar-refractivity contribution is -0.0328. The molecule has 1 unspecified atom stereocenters. The van der Waals surface area contributed by atoms with E-state index in [4.69, 9.17) is 2.74 Å². The highest BCUT2D eigenvalue weighted by Crippen LogP contribution is 2.38. The van der Waals surface area contributed by atoms with E-state index in [1.807, 2.05) is 0 Å². The highest BCUT2D eigenvalue weighted by molar-refractivity contribution is 8.00. The van der Waals surface area contributed by atoms with Gasteiger partial charge >= 0.3 is 5.51 Å². The molecule has 0 radical (unpaired) electrons. The number of halogens is 3. The number of alkyl halides is 3. The van der Waals surface area contributed by atoms with Crippen LogP contribution >= 0.6 is 11.8 Å². The Labute approximate surface area is 110 Å². The van der Waals surface area contributed by atoms with Crippen molar-refractivity contribution in [2.45, 2.75) is 23.0 Å². The topological polar surface area (TPSA) is 24.4 Å². The largest absolute Gasteiger partial charge is 0.446 e. The quantitative estimate of drug-likeness (QED) is 0.855. The number of nitrogens with one attached hydrogen (secondary N) is 1. The lowest BCUT2D eigenvalue weighted by Crippen LogP contribution is -2.26. The number of thioether (sulfide) groups is 1. The molecule has 0 fully saturated rings. The summed E-state index contributed by atoms with van der Waals surface area (Å²) in [5.74, 6) is 0. The molecule has 0 aromatic heterocycles. The summed E-state index contributed by atoms with van der Waals surface area (Å²) in [6.45, 7) is 0. The van der Waals surface area contributed by atoms with Crippen LogP contribution in [0.1, 0.15) is 8.30 Å². The zero-order valence-electron chi connectivity index (χ0n) is 11.2. The predicted molar refractivity (Wildman–Crippen MR) is 66.6 cm³/mol. The van der Waals surface area contributed by atoms with Crippen LogP contribution in [0.15, 0.2) is 46.4 Å². The fourth-order valence-electron chi connectivity index (χ4n) is 1.47. The van der Waals surface area contributed by atoms with E-state index in [0.29, 0.717) is 5.56 Å². The average molecular weight is 274 g/mol. The van der Waals surface area contributed by atoms with Crippen molar-refractivity contribution >= 4 is 18.0 Å². The van der Waals surface area contributed by atoms with Crippen molar-refractivity contribution in [3.63, 3.8) is 0 Å². The van der Waals surface area contributed by atoms with Crippen molar-refractivity contribution in [3.05, 3.63) is 42.1 Å². The Bertz CT molecular complexity index is 560. The predicted octanol–water partition coefficient (Wildman–Crippen LogP) is 3.35. The van der Waals surface area contributed by atoms with Crippen LogP contribution in [0.25, 0.3) is 0 Å². The molecule has 1 atom stereocenters. The number of benzene rings is 1. The van der Waals surface area contributed by atoms with Gasteiger partial charge in [0.1, 0.15) is 6.14 Å². The van der Waals surface area contributed by atoms with Crippen LogP contribution in [0, 0.1) is 0 Å². The first-order valence-corrected chi connectivity index (χ1v) is 5.93. The van der Waals surface area contributed by atoms with Gasteiger partial charge in [-0.25, -0.2) is 0 Å². The minimum absolute atomic E-state index is 0.0460. The third kappa shape index (κ3) is 3.80. The summed E-state index contributed by atoms with van der Waals surface area (Å²) >= 11 is -0.209. The van der Waals surface area contributed by atoms with Crippen LogP contribution in [0.5, 0.6) is 0 Å². The molecule has 1 heterocycles.